The Hall–Kier alpha value is -2.54. The van der Waals surface area contributed by atoms with Gasteiger partial charge in [0.05, 0.1) is 31.5 Å². The number of methoxy groups -OCH3 is 2. The number of phenols is 1. The minimum atomic E-state index is -0.800. The maximum Gasteiger partial charge on any atom is 0.337 e. The minimum absolute atomic E-state index is 0.0643. The summed E-state index contributed by atoms with van der Waals surface area (Å²) in [5.41, 5.74) is 1.10. The molecule has 0 saturated carbocycles. The molecular formula is C22H28N2O5. The molecule has 1 aromatic rings. The van der Waals surface area contributed by atoms with Crippen molar-refractivity contribution < 1.29 is 24.2 Å². The van der Waals surface area contributed by atoms with Gasteiger partial charge >= 0.3 is 5.97 Å². The Morgan fingerprint density at radius 3 is 2.90 bits per heavy atom. The Kier molecular flexibility index (Phi) is 5.02. The molecule has 2 fully saturated rings. The Morgan fingerprint density at radius 1 is 1.41 bits per heavy atom. The number of esters is 1. The first-order chi connectivity index (χ1) is 14.0. The van der Waals surface area contributed by atoms with Crippen LogP contribution in [0.1, 0.15) is 31.7 Å². The number of fused-ring (bicyclic) bond motifs is 4. The average Bonchev–Trinajstić information content (AvgIpc) is 3.24. The quantitative estimate of drug-likeness (QED) is 0.458. The Labute approximate surface area is 170 Å². The Balaban J connectivity index is 1.77. The van der Waals surface area contributed by atoms with E-state index in [9.17, 15) is 14.7 Å². The highest BCUT2D eigenvalue weighted by Gasteiger charge is 2.61. The largest absolute Gasteiger partial charge is 0.508 e. The number of carbonyl (C=O) groups excluding carboxylic acids is 2. The number of benzene rings is 1. The molecular weight excluding hydrogens is 372 g/mol. The molecule has 1 aromatic carbocycles. The van der Waals surface area contributed by atoms with E-state index in [1.807, 2.05) is 6.07 Å². The summed E-state index contributed by atoms with van der Waals surface area (Å²) >= 11 is 0. The Morgan fingerprint density at radius 2 is 2.21 bits per heavy atom. The van der Waals surface area contributed by atoms with E-state index < -0.39 is 11.4 Å². The number of piperidine rings is 1. The highest BCUT2D eigenvalue weighted by Crippen LogP contribution is 2.55. The van der Waals surface area contributed by atoms with Gasteiger partial charge in [-0.05, 0) is 43.4 Å². The zero-order valence-corrected chi connectivity index (χ0v) is 17.1. The lowest BCUT2D eigenvalue weighted by molar-refractivity contribution is -0.137. The zero-order valence-electron chi connectivity index (χ0n) is 17.1. The summed E-state index contributed by atoms with van der Waals surface area (Å²) in [7, 11) is 2.90. The third kappa shape index (κ3) is 2.82. The van der Waals surface area contributed by atoms with E-state index in [4.69, 9.17) is 9.47 Å². The van der Waals surface area contributed by atoms with Gasteiger partial charge < -0.3 is 19.9 Å². The van der Waals surface area contributed by atoms with Crippen LogP contribution >= 0.6 is 0 Å². The van der Waals surface area contributed by atoms with Crippen LogP contribution in [0.5, 0.6) is 5.75 Å². The summed E-state index contributed by atoms with van der Waals surface area (Å²) in [5.74, 6) is -0.125. The summed E-state index contributed by atoms with van der Waals surface area (Å²) in [5, 5.41) is 13.6. The minimum Gasteiger partial charge on any atom is -0.508 e. The summed E-state index contributed by atoms with van der Waals surface area (Å²) in [6.45, 7) is 3.70. The molecule has 3 heterocycles. The molecule has 4 atom stereocenters. The number of hydrogen-bond acceptors (Lipinski definition) is 6. The fourth-order valence-electron chi connectivity index (χ4n) is 5.73. The van der Waals surface area contributed by atoms with Gasteiger partial charge in [-0.15, -0.1) is 0 Å². The maximum absolute atomic E-state index is 13.2. The lowest BCUT2D eigenvalue weighted by Crippen LogP contribution is -2.53. The fourth-order valence-corrected chi connectivity index (χ4v) is 5.73. The van der Waals surface area contributed by atoms with Crippen molar-refractivity contribution in [3.63, 3.8) is 0 Å². The molecule has 29 heavy (non-hydrogen) atoms. The van der Waals surface area contributed by atoms with Crippen LogP contribution in [0.3, 0.4) is 0 Å². The van der Waals surface area contributed by atoms with Gasteiger partial charge in [-0.3, -0.25) is 9.69 Å². The third-order valence-electron chi connectivity index (χ3n) is 7.05. The lowest BCUT2D eigenvalue weighted by atomic mass is 9.67. The van der Waals surface area contributed by atoms with Gasteiger partial charge in [0.2, 0.25) is 5.91 Å². The molecule has 156 valence electrons. The molecule has 1 spiro atoms. The number of carbonyl (C=O) groups is 2. The van der Waals surface area contributed by atoms with Crippen LogP contribution in [0.15, 0.2) is 30.0 Å². The smallest absolute Gasteiger partial charge is 0.337 e. The van der Waals surface area contributed by atoms with Crippen molar-refractivity contribution in [3.05, 3.63) is 35.6 Å². The van der Waals surface area contributed by atoms with Crippen molar-refractivity contribution in [1.29, 1.82) is 0 Å². The number of amides is 1. The number of anilines is 1. The van der Waals surface area contributed by atoms with Crippen molar-refractivity contribution in [2.24, 2.45) is 11.8 Å². The molecule has 0 aliphatic carbocycles. The number of nitrogens with zero attached hydrogens (tertiary/aromatic N) is 1. The first kappa shape index (κ1) is 19.8. The van der Waals surface area contributed by atoms with Crippen molar-refractivity contribution in [2.75, 3.05) is 32.6 Å². The fraction of sp³-hybridized carbons (Fsp3) is 0.545. The molecule has 7 nitrogen and oxygen atoms in total. The first-order valence-electron chi connectivity index (χ1n) is 10.2. The summed E-state index contributed by atoms with van der Waals surface area (Å²) in [6.07, 6.45) is 3.67. The standard InChI is InChI=1S/C22H28N2O5/c1-4-13-11-24-9-8-22(19-16(23-21(22)27)6-5-7-17(19)25)18(24)10-14(13)15(12-28-2)20(26)29-3/h5-7,12-14,18,25H,4,8-11H2,1-3H3,(H,23,27)/b15-12-. The summed E-state index contributed by atoms with van der Waals surface area (Å²) in [6, 6.07) is 5.12. The highest BCUT2D eigenvalue weighted by atomic mass is 16.5. The predicted molar refractivity (Wildman–Crippen MR) is 107 cm³/mol. The normalized spacial score (nSPS) is 31.3. The second-order valence-corrected chi connectivity index (χ2v) is 8.20. The third-order valence-corrected chi connectivity index (χ3v) is 7.05. The number of phenolic OH excluding ortho intramolecular Hbond substituents is 1. The monoisotopic (exact) mass is 400 g/mol. The van der Waals surface area contributed by atoms with Crippen LogP contribution < -0.4 is 5.32 Å². The van der Waals surface area contributed by atoms with E-state index >= 15 is 0 Å². The second kappa shape index (κ2) is 7.37. The van der Waals surface area contributed by atoms with Crippen LogP contribution in [-0.4, -0.2) is 55.2 Å². The van der Waals surface area contributed by atoms with Gasteiger partial charge in [0.25, 0.3) is 0 Å². The Bertz CT molecular complexity index is 867. The molecule has 4 rings (SSSR count). The molecule has 4 unspecified atom stereocenters. The van der Waals surface area contributed by atoms with Crippen LogP contribution in [0.2, 0.25) is 0 Å². The molecule has 3 aliphatic heterocycles. The summed E-state index contributed by atoms with van der Waals surface area (Å²) < 4.78 is 10.2. The van der Waals surface area contributed by atoms with Gasteiger partial charge in [-0.1, -0.05) is 19.4 Å². The molecule has 0 bridgehead atoms. The van der Waals surface area contributed by atoms with Crippen LogP contribution in [0, 0.1) is 11.8 Å². The topological polar surface area (TPSA) is 88.1 Å². The zero-order chi connectivity index (χ0) is 20.8. The van der Waals surface area contributed by atoms with Crippen LogP contribution in [0.25, 0.3) is 0 Å². The van der Waals surface area contributed by atoms with Crippen molar-refractivity contribution >= 4 is 17.6 Å². The SMILES string of the molecule is CCC1CN2CCC3(C(=O)Nc4cccc(O)c43)C2CC1/C(=C/OC)C(=O)OC. The van der Waals surface area contributed by atoms with E-state index in [0.717, 1.165) is 19.5 Å². The average molecular weight is 400 g/mol. The van der Waals surface area contributed by atoms with E-state index in [0.29, 0.717) is 29.7 Å². The number of hydrogen-bond donors (Lipinski definition) is 2. The molecule has 7 heteroatoms. The number of aromatic hydroxyl groups is 1. The molecule has 0 aromatic heterocycles. The first-order valence-corrected chi connectivity index (χ1v) is 10.2. The number of nitrogens with one attached hydrogen (secondary N) is 1. The van der Waals surface area contributed by atoms with E-state index in [1.165, 1.54) is 20.5 Å². The lowest BCUT2D eigenvalue weighted by Gasteiger charge is -2.45. The second-order valence-electron chi connectivity index (χ2n) is 8.20. The molecule has 3 aliphatic rings. The van der Waals surface area contributed by atoms with E-state index in [2.05, 4.69) is 17.1 Å². The number of rotatable bonds is 4. The maximum atomic E-state index is 13.2. The van der Waals surface area contributed by atoms with Gasteiger partial charge in [0, 0.05) is 23.8 Å². The number of ether oxygens (including phenoxy) is 2. The van der Waals surface area contributed by atoms with E-state index in [1.54, 1.807) is 12.1 Å². The molecule has 2 N–H and O–H groups in total. The molecule has 0 radical (unpaired) electrons. The van der Waals surface area contributed by atoms with Gasteiger partial charge in [-0.2, -0.15) is 0 Å². The van der Waals surface area contributed by atoms with E-state index in [-0.39, 0.29) is 29.5 Å². The molecule has 1 amide bonds. The van der Waals surface area contributed by atoms with Gasteiger partial charge in [-0.25, -0.2) is 4.79 Å². The van der Waals surface area contributed by atoms with Crippen molar-refractivity contribution in [3.8, 4) is 5.75 Å². The van der Waals surface area contributed by atoms with Crippen LogP contribution in [-0.2, 0) is 24.5 Å². The molecule has 2 saturated heterocycles. The highest BCUT2D eigenvalue weighted by molar-refractivity contribution is 6.08. The van der Waals surface area contributed by atoms with Gasteiger partial charge in [0.15, 0.2) is 0 Å². The van der Waals surface area contributed by atoms with Crippen molar-refractivity contribution in [2.45, 2.75) is 37.6 Å². The predicted octanol–water partition coefficient (Wildman–Crippen LogP) is 2.41. The summed E-state index contributed by atoms with van der Waals surface area (Å²) in [4.78, 5) is 28.1. The van der Waals surface area contributed by atoms with Gasteiger partial charge in [0.1, 0.15) is 5.75 Å². The van der Waals surface area contributed by atoms with Crippen LogP contribution in [0.4, 0.5) is 5.69 Å². The van der Waals surface area contributed by atoms with Crippen molar-refractivity contribution in [1.82, 2.24) is 4.90 Å².